The average Bonchev–Trinajstić information content (AvgIpc) is 3.23. The maximum atomic E-state index is 12.2. The van der Waals surface area contributed by atoms with E-state index in [-0.39, 0.29) is 30.2 Å². The van der Waals surface area contributed by atoms with Crippen LogP contribution in [0.3, 0.4) is 0 Å². The largest absolute Gasteiger partial charge is 0.465 e. The van der Waals surface area contributed by atoms with Gasteiger partial charge in [0.2, 0.25) is 0 Å². The first-order chi connectivity index (χ1) is 13.0. The highest BCUT2D eigenvalue weighted by Crippen LogP contribution is 2.23. The third-order valence-electron chi connectivity index (χ3n) is 3.45. The van der Waals surface area contributed by atoms with Gasteiger partial charge < -0.3 is 9.30 Å². The van der Waals surface area contributed by atoms with Crippen LogP contribution in [0.2, 0.25) is 0 Å². The van der Waals surface area contributed by atoms with Gasteiger partial charge in [-0.05, 0) is 13.0 Å². The second-order valence-electron chi connectivity index (χ2n) is 5.28. The second-order valence-corrected chi connectivity index (χ2v) is 6.29. The Balaban J connectivity index is 2.05. The van der Waals surface area contributed by atoms with E-state index in [1.165, 1.54) is 40.1 Å². The van der Waals surface area contributed by atoms with E-state index < -0.39 is 16.8 Å². The van der Waals surface area contributed by atoms with Crippen molar-refractivity contribution >= 4 is 39.1 Å². The SMILES string of the molecule is CCOC(=O)Cn1c(=NC(=O)Cn2cncn2)sc2cc([N+](=O)[O-])ccc21. The van der Waals surface area contributed by atoms with Crippen molar-refractivity contribution in [1.29, 1.82) is 0 Å². The molecule has 2 heterocycles. The average molecular weight is 390 g/mol. The Labute approximate surface area is 155 Å². The van der Waals surface area contributed by atoms with Crippen LogP contribution in [0.5, 0.6) is 0 Å². The van der Waals surface area contributed by atoms with Gasteiger partial charge in [0.15, 0.2) is 4.80 Å². The molecule has 0 fully saturated rings. The lowest BCUT2D eigenvalue weighted by molar-refractivity contribution is -0.384. The number of ether oxygens (including phenoxy) is 1. The molecular formula is C15H14N6O5S. The lowest BCUT2D eigenvalue weighted by Gasteiger charge is -2.05. The van der Waals surface area contributed by atoms with Crippen LogP contribution in [0.4, 0.5) is 5.69 Å². The number of rotatable bonds is 6. The van der Waals surface area contributed by atoms with E-state index in [1.807, 2.05) is 0 Å². The summed E-state index contributed by atoms with van der Waals surface area (Å²) < 4.78 is 8.31. The van der Waals surface area contributed by atoms with Gasteiger partial charge in [-0.2, -0.15) is 10.1 Å². The third-order valence-corrected chi connectivity index (χ3v) is 4.50. The van der Waals surface area contributed by atoms with Gasteiger partial charge in [-0.25, -0.2) is 9.67 Å². The summed E-state index contributed by atoms with van der Waals surface area (Å²) in [4.78, 5) is 42.6. The highest BCUT2D eigenvalue weighted by molar-refractivity contribution is 7.16. The molecule has 0 aliphatic heterocycles. The van der Waals surface area contributed by atoms with Crippen LogP contribution >= 0.6 is 11.3 Å². The molecule has 1 amide bonds. The number of carbonyl (C=O) groups excluding carboxylic acids is 2. The normalized spacial score (nSPS) is 11.7. The number of aromatic nitrogens is 4. The Kier molecular flexibility index (Phi) is 5.35. The number of fused-ring (bicyclic) bond motifs is 1. The van der Waals surface area contributed by atoms with Gasteiger partial charge in [-0.15, -0.1) is 0 Å². The first kappa shape index (κ1) is 18.4. The Bertz CT molecular complexity index is 1070. The van der Waals surface area contributed by atoms with Gasteiger partial charge in [0.05, 0.1) is 21.7 Å². The van der Waals surface area contributed by atoms with Gasteiger partial charge in [-0.1, -0.05) is 11.3 Å². The molecule has 0 saturated carbocycles. The molecule has 0 atom stereocenters. The van der Waals surface area contributed by atoms with Crippen LogP contribution in [0.25, 0.3) is 10.2 Å². The van der Waals surface area contributed by atoms with Crippen molar-refractivity contribution in [3.63, 3.8) is 0 Å². The predicted octanol–water partition coefficient (Wildman–Crippen LogP) is 0.893. The molecule has 2 aromatic heterocycles. The van der Waals surface area contributed by atoms with Crippen LogP contribution in [0, 0.1) is 10.1 Å². The van der Waals surface area contributed by atoms with E-state index in [1.54, 1.807) is 6.92 Å². The molecule has 27 heavy (non-hydrogen) atoms. The fourth-order valence-electron chi connectivity index (χ4n) is 2.34. The highest BCUT2D eigenvalue weighted by atomic mass is 32.1. The molecule has 11 nitrogen and oxygen atoms in total. The lowest BCUT2D eigenvalue weighted by atomic mass is 10.3. The van der Waals surface area contributed by atoms with E-state index in [0.717, 1.165) is 11.3 Å². The molecule has 0 aliphatic carbocycles. The Morgan fingerprint density at radius 1 is 1.37 bits per heavy atom. The van der Waals surface area contributed by atoms with Crippen LogP contribution in [-0.2, 0) is 27.4 Å². The molecular weight excluding hydrogens is 376 g/mol. The minimum absolute atomic E-state index is 0.0903. The zero-order valence-electron chi connectivity index (χ0n) is 14.1. The van der Waals surface area contributed by atoms with Gasteiger partial charge in [0.25, 0.3) is 11.6 Å². The topological polar surface area (TPSA) is 135 Å². The number of non-ortho nitro benzene ring substituents is 1. The molecule has 140 valence electrons. The number of nitro groups is 1. The summed E-state index contributed by atoms with van der Waals surface area (Å²) in [6, 6.07) is 4.23. The highest BCUT2D eigenvalue weighted by Gasteiger charge is 2.15. The molecule has 0 aliphatic rings. The van der Waals surface area contributed by atoms with Gasteiger partial charge in [-0.3, -0.25) is 19.7 Å². The monoisotopic (exact) mass is 390 g/mol. The fraction of sp³-hybridized carbons (Fsp3) is 0.267. The van der Waals surface area contributed by atoms with Crippen molar-refractivity contribution in [3.8, 4) is 0 Å². The standard InChI is InChI=1S/C15H14N6O5S/c1-2-26-14(23)7-20-11-4-3-10(21(24)25)5-12(11)27-15(20)18-13(22)6-19-9-16-8-17-19/h3-5,8-9H,2,6-7H2,1H3. The molecule has 3 aromatic rings. The third kappa shape index (κ3) is 4.23. The number of carbonyl (C=O) groups is 2. The first-order valence-corrected chi connectivity index (χ1v) is 8.63. The van der Waals surface area contributed by atoms with Crippen molar-refractivity contribution < 1.29 is 19.2 Å². The molecule has 3 rings (SSSR count). The fourth-order valence-corrected chi connectivity index (χ4v) is 3.42. The minimum atomic E-state index is -0.512. The molecule has 12 heteroatoms. The first-order valence-electron chi connectivity index (χ1n) is 7.81. The van der Waals surface area contributed by atoms with Crippen molar-refractivity contribution in [2.24, 2.45) is 4.99 Å². The lowest BCUT2D eigenvalue weighted by Crippen LogP contribution is -2.23. The summed E-state index contributed by atoms with van der Waals surface area (Å²) in [6.45, 7) is 1.62. The number of amides is 1. The van der Waals surface area contributed by atoms with E-state index in [9.17, 15) is 19.7 Å². The van der Waals surface area contributed by atoms with E-state index >= 15 is 0 Å². The van der Waals surface area contributed by atoms with Crippen molar-refractivity contribution in [2.45, 2.75) is 20.0 Å². The number of esters is 1. The molecule has 0 N–H and O–H groups in total. The number of nitro benzene ring substituents is 1. The summed E-state index contributed by atoms with van der Waals surface area (Å²) in [5.74, 6) is -1.00. The summed E-state index contributed by atoms with van der Waals surface area (Å²) in [5.41, 5.74) is 0.457. The van der Waals surface area contributed by atoms with E-state index in [2.05, 4.69) is 15.1 Å². The van der Waals surface area contributed by atoms with Crippen LogP contribution in [0.15, 0.2) is 35.8 Å². The summed E-state index contributed by atoms with van der Waals surface area (Å²) in [5, 5.41) is 14.8. The number of thiazole rings is 1. The van der Waals surface area contributed by atoms with E-state index in [0.29, 0.717) is 10.2 Å². The Morgan fingerprint density at radius 3 is 2.85 bits per heavy atom. The second kappa shape index (κ2) is 7.86. The van der Waals surface area contributed by atoms with Crippen LogP contribution in [0.1, 0.15) is 6.92 Å². The summed E-state index contributed by atoms with van der Waals surface area (Å²) in [6.07, 6.45) is 2.68. The van der Waals surface area contributed by atoms with Gasteiger partial charge >= 0.3 is 5.97 Å². The van der Waals surface area contributed by atoms with E-state index in [4.69, 9.17) is 4.74 Å². The van der Waals surface area contributed by atoms with Gasteiger partial charge in [0.1, 0.15) is 25.7 Å². The minimum Gasteiger partial charge on any atom is -0.465 e. The zero-order chi connectivity index (χ0) is 19.4. The molecule has 0 saturated heterocycles. The number of hydrogen-bond donors (Lipinski definition) is 0. The number of nitrogens with zero attached hydrogens (tertiary/aromatic N) is 6. The molecule has 1 aromatic carbocycles. The smallest absolute Gasteiger partial charge is 0.326 e. The maximum absolute atomic E-state index is 12.2. The summed E-state index contributed by atoms with van der Waals surface area (Å²) >= 11 is 1.07. The molecule has 0 spiro atoms. The maximum Gasteiger partial charge on any atom is 0.326 e. The Morgan fingerprint density at radius 2 is 2.19 bits per heavy atom. The molecule has 0 bridgehead atoms. The number of benzene rings is 1. The molecule has 0 unspecified atom stereocenters. The van der Waals surface area contributed by atoms with Crippen molar-refractivity contribution in [2.75, 3.05) is 6.61 Å². The van der Waals surface area contributed by atoms with Crippen molar-refractivity contribution in [1.82, 2.24) is 19.3 Å². The number of hydrogen-bond acceptors (Lipinski definition) is 8. The van der Waals surface area contributed by atoms with Gasteiger partial charge in [0, 0.05) is 12.1 Å². The quantitative estimate of drug-likeness (QED) is 0.346. The van der Waals surface area contributed by atoms with Crippen LogP contribution in [-0.4, -0.2) is 42.7 Å². The predicted molar refractivity (Wildman–Crippen MR) is 93.7 cm³/mol. The van der Waals surface area contributed by atoms with Crippen LogP contribution < -0.4 is 4.80 Å². The van der Waals surface area contributed by atoms with Crippen molar-refractivity contribution in [3.05, 3.63) is 45.8 Å². The summed E-state index contributed by atoms with van der Waals surface area (Å²) in [7, 11) is 0. The Hall–Kier alpha value is -3.41. The zero-order valence-corrected chi connectivity index (χ0v) is 15.0. The molecule has 0 radical (unpaired) electrons.